The van der Waals surface area contributed by atoms with Crippen molar-refractivity contribution in [2.75, 3.05) is 6.54 Å². The minimum absolute atomic E-state index is 0.0261. The number of phenols is 2. The second-order valence-electron chi connectivity index (χ2n) is 3.43. The van der Waals surface area contributed by atoms with Gasteiger partial charge in [0.2, 0.25) is 5.82 Å². The van der Waals surface area contributed by atoms with Gasteiger partial charge < -0.3 is 20.9 Å². The number of benzene rings is 1. The molecule has 2 aromatic rings. The maximum atomic E-state index is 13.6. The number of hydrogen-bond donors (Lipinski definition) is 4. The second-order valence-corrected chi connectivity index (χ2v) is 3.43. The van der Waals surface area contributed by atoms with Gasteiger partial charge in [0.25, 0.3) is 0 Å². The summed E-state index contributed by atoms with van der Waals surface area (Å²) in [7, 11) is 0. The maximum absolute atomic E-state index is 13.6. The van der Waals surface area contributed by atoms with Crippen LogP contribution in [0.5, 0.6) is 11.5 Å². The number of nitrogens with one attached hydrogen (secondary N) is 1. The van der Waals surface area contributed by atoms with E-state index in [-0.39, 0.29) is 17.4 Å². The summed E-state index contributed by atoms with van der Waals surface area (Å²) in [5.41, 5.74) is 5.75. The largest absolute Gasteiger partial charge is 0.503 e. The van der Waals surface area contributed by atoms with E-state index in [0.717, 1.165) is 0 Å². The lowest BCUT2D eigenvalue weighted by Gasteiger charge is -2.04. The summed E-state index contributed by atoms with van der Waals surface area (Å²) in [5.74, 6) is -4.43. The smallest absolute Gasteiger partial charge is 0.211 e. The van der Waals surface area contributed by atoms with E-state index in [1.165, 1.54) is 6.20 Å². The van der Waals surface area contributed by atoms with E-state index < -0.39 is 23.1 Å². The van der Waals surface area contributed by atoms with Crippen molar-refractivity contribution < 1.29 is 19.0 Å². The molecule has 6 heteroatoms. The fourth-order valence-electron chi connectivity index (χ4n) is 1.69. The van der Waals surface area contributed by atoms with E-state index in [1.807, 2.05) is 0 Å². The van der Waals surface area contributed by atoms with Crippen LogP contribution in [0.2, 0.25) is 0 Å². The van der Waals surface area contributed by atoms with Crippen LogP contribution < -0.4 is 5.73 Å². The number of halogens is 2. The Bertz CT molecular complexity index is 551. The molecular formula is C10H10F2N2O2. The van der Waals surface area contributed by atoms with Gasteiger partial charge in [-0.1, -0.05) is 0 Å². The molecule has 0 saturated carbocycles. The number of phenolic OH excluding ortho intramolecular Hbond substituents is 2. The number of nitrogens with two attached hydrogens (primary N) is 1. The summed E-state index contributed by atoms with van der Waals surface area (Å²) in [5, 5.41) is 18.5. The van der Waals surface area contributed by atoms with E-state index in [9.17, 15) is 13.9 Å². The molecule has 86 valence electrons. The molecule has 0 atom stereocenters. The molecule has 0 radical (unpaired) electrons. The van der Waals surface area contributed by atoms with Crippen molar-refractivity contribution >= 4 is 10.9 Å². The Morgan fingerprint density at radius 2 is 1.88 bits per heavy atom. The van der Waals surface area contributed by atoms with Gasteiger partial charge in [-0.3, -0.25) is 0 Å². The molecule has 2 rings (SSSR count). The van der Waals surface area contributed by atoms with Crippen LogP contribution in [0.25, 0.3) is 10.9 Å². The van der Waals surface area contributed by atoms with Crippen molar-refractivity contribution in [3.8, 4) is 11.5 Å². The average molecular weight is 228 g/mol. The number of fused-ring (bicyclic) bond motifs is 1. The molecule has 0 saturated heterocycles. The van der Waals surface area contributed by atoms with Gasteiger partial charge >= 0.3 is 0 Å². The summed E-state index contributed by atoms with van der Waals surface area (Å²) < 4.78 is 26.7. The van der Waals surface area contributed by atoms with Crippen molar-refractivity contribution in [3.63, 3.8) is 0 Å². The van der Waals surface area contributed by atoms with E-state index in [2.05, 4.69) is 4.98 Å². The predicted octanol–water partition coefficient (Wildman–Crippen LogP) is 1.36. The van der Waals surface area contributed by atoms with Crippen LogP contribution in [0.3, 0.4) is 0 Å². The molecule has 0 aliphatic heterocycles. The highest BCUT2D eigenvalue weighted by atomic mass is 19.1. The number of aromatic hydroxyl groups is 2. The summed E-state index contributed by atoms with van der Waals surface area (Å²) in [4.78, 5) is 2.55. The monoisotopic (exact) mass is 228 g/mol. The van der Waals surface area contributed by atoms with Gasteiger partial charge in [0.05, 0.1) is 5.52 Å². The van der Waals surface area contributed by atoms with Crippen molar-refractivity contribution in [1.82, 2.24) is 4.98 Å². The predicted molar refractivity (Wildman–Crippen MR) is 54.3 cm³/mol. The Morgan fingerprint density at radius 1 is 1.19 bits per heavy atom. The minimum Gasteiger partial charge on any atom is -0.503 e. The standard InChI is InChI=1S/C10H10F2N2O2/c11-6-5-4(1-2-13)3-14-8(5)10(16)7(12)9(6)15/h3,14-16H,1-2,13H2. The Kier molecular flexibility index (Phi) is 2.43. The minimum atomic E-state index is -1.37. The second kappa shape index (κ2) is 3.64. The normalized spacial score (nSPS) is 11.2. The van der Waals surface area contributed by atoms with Gasteiger partial charge in [-0.2, -0.15) is 4.39 Å². The fourth-order valence-corrected chi connectivity index (χ4v) is 1.69. The van der Waals surface area contributed by atoms with Crippen LogP contribution in [0.15, 0.2) is 6.20 Å². The number of rotatable bonds is 2. The van der Waals surface area contributed by atoms with Crippen LogP contribution >= 0.6 is 0 Å². The highest BCUT2D eigenvalue weighted by Gasteiger charge is 2.22. The number of hydrogen-bond acceptors (Lipinski definition) is 3. The SMILES string of the molecule is NCCc1c[nH]c2c(O)c(F)c(O)c(F)c12. The highest BCUT2D eigenvalue weighted by Crippen LogP contribution is 2.38. The van der Waals surface area contributed by atoms with Gasteiger partial charge in [-0.05, 0) is 18.5 Å². The van der Waals surface area contributed by atoms with E-state index in [1.54, 1.807) is 0 Å². The Labute approximate surface area is 89.3 Å². The Hall–Kier alpha value is -1.82. The molecule has 4 nitrogen and oxygen atoms in total. The van der Waals surface area contributed by atoms with Gasteiger partial charge in [0.1, 0.15) is 0 Å². The summed E-state index contributed by atoms with van der Waals surface area (Å²) in [6, 6.07) is 0. The number of aromatic amines is 1. The topological polar surface area (TPSA) is 82.3 Å². The molecule has 16 heavy (non-hydrogen) atoms. The van der Waals surface area contributed by atoms with E-state index in [0.29, 0.717) is 12.0 Å². The number of aromatic nitrogens is 1. The van der Waals surface area contributed by atoms with Crippen LogP contribution in [0.4, 0.5) is 8.78 Å². The van der Waals surface area contributed by atoms with Crippen molar-refractivity contribution in [3.05, 3.63) is 23.4 Å². The first-order chi connectivity index (χ1) is 7.57. The van der Waals surface area contributed by atoms with Crippen molar-refractivity contribution in [1.29, 1.82) is 0 Å². The summed E-state index contributed by atoms with van der Waals surface area (Å²) in [6.45, 7) is 0.283. The van der Waals surface area contributed by atoms with Gasteiger partial charge in [-0.15, -0.1) is 0 Å². The van der Waals surface area contributed by atoms with Gasteiger partial charge in [-0.25, -0.2) is 4.39 Å². The molecule has 0 amide bonds. The first-order valence-corrected chi connectivity index (χ1v) is 4.66. The zero-order valence-electron chi connectivity index (χ0n) is 8.22. The van der Waals surface area contributed by atoms with E-state index >= 15 is 0 Å². The molecule has 1 aromatic heterocycles. The summed E-state index contributed by atoms with van der Waals surface area (Å²) in [6.07, 6.45) is 1.79. The summed E-state index contributed by atoms with van der Waals surface area (Å²) >= 11 is 0. The highest BCUT2D eigenvalue weighted by molar-refractivity contribution is 5.90. The zero-order valence-corrected chi connectivity index (χ0v) is 8.22. The molecule has 1 aromatic carbocycles. The first kappa shape index (κ1) is 10.7. The van der Waals surface area contributed by atoms with Crippen molar-refractivity contribution in [2.24, 2.45) is 5.73 Å². The van der Waals surface area contributed by atoms with Crippen LogP contribution in [-0.4, -0.2) is 21.7 Å². The third-order valence-corrected chi connectivity index (χ3v) is 2.46. The zero-order chi connectivity index (χ0) is 11.9. The quantitative estimate of drug-likeness (QED) is 0.626. The molecule has 0 unspecified atom stereocenters. The molecule has 0 aliphatic rings. The molecule has 0 aliphatic carbocycles. The Morgan fingerprint density at radius 3 is 2.50 bits per heavy atom. The van der Waals surface area contributed by atoms with E-state index in [4.69, 9.17) is 10.8 Å². The lowest BCUT2D eigenvalue weighted by atomic mass is 10.1. The van der Waals surface area contributed by atoms with Crippen LogP contribution in [-0.2, 0) is 6.42 Å². The lowest BCUT2D eigenvalue weighted by Crippen LogP contribution is -2.02. The lowest BCUT2D eigenvalue weighted by molar-refractivity contribution is 0.372. The first-order valence-electron chi connectivity index (χ1n) is 4.66. The third-order valence-electron chi connectivity index (χ3n) is 2.46. The molecule has 1 heterocycles. The third kappa shape index (κ3) is 1.30. The maximum Gasteiger partial charge on any atom is 0.211 e. The van der Waals surface area contributed by atoms with Gasteiger partial charge in [0.15, 0.2) is 17.3 Å². The average Bonchev–Trinajstić information content (AvgIpc) is 2.68. The van der Waals surface area contributed by atoms with Gasteiger partial charge in [0, 0.05) is 11.6 Å². The molecular weight excluding hydrogens is 218 g/mol. The van der Waals surface area contributed by atoms with Crippen molar-refractivity contribution in [2.45, 2.75) is 6.42 Å². The fraction of sp³-hybridized carbons (Fsp3) is 0.200. The Balaban J connectivity index is 2.83. The molecule has 0 spiro atoms. The van der Waals surface area contributed by atoms with Crippen LogP contribution in [0.1, 0.15) is 5.56 Å². The molecule has 0 bridgehead atoms. The molecule has 5 N–H and O–H groups in total. The van der Waals surface area contributed by atoms with Crippen LogP contribution in [0, 0.1) is 11.6 Å². The molecule has 0 fully saturated rings. The number of H-pyrrole nitrogens is 1.